The zero-order chi connectivity index (χ0) is 10.8. The van der Waals surface area contributed by atoms with Gasteiger partial charge in [0, 0.05) is 5.54 Å². The van der Waals surface area contributed by atoms with Crippen molar-refractivity contribution in [2.45, 2.75) is 39.7 Å². The van der Waals surface area contributed by atoms with E-state index in [9.17, 15) is 0 Å². The molecule has 78 valence electrons. The van der Waals surface area contributed by atoms with Crippen molar-refractivity contribution in [3.05, 3.63) is 35.4 Å². The molecule has 1 aromatic carbocycles. The molecule has 1 atom stereocenters. The second-order valence-corrected chi connectivity index (χ2v) is 4.83. The van der Waals surface area contributed by atoms with Crippen molar-refractivity contribution in [1.29, 1.82) is 0 Å². The Hall–Kier alpha value is -0.820. The van der Waals surface area contributed by atoms with Crippen LogP contribution in [0.2, 0.25) is 0 Å². The molecule has 0 bridgehead atoms. The molecule has 0 saturated carbocycles. The summed E-state index contributed by atoms with van der Waals surface area (Å²) >= 11 is 0. The standard InChI is InChI=1S/C13H21N/c1-10(2)9-13(4,14)12-8-6-5-7-11(12)3/h5-8,10H,9,14H2,1-4H3. The number of hydrogen-bond donors (Lipinski definition) is 1. The minimum absolute atomic E-state index is 0.195. The van der Waals surface area contributed by atoms with Crippen LogP contribution in [0.25, 0.3) is 0 Å². The molecule has 0 aliphatic carbocycles. The van der Waals surface area contributed by atoms with Crippen molar-refractivity contribution in [2.75, 3.05) is 0 Å². The summed E-state index contributed by atoms with van der Waals surface area (Å²) in [5.74, 6) is 0.629. The normalized spacial score (nSPS) is 15.6. The number of benzene rings is 1. The van der Waals surface area contributed by atoms with Crippen LogP contribution in [0.15, 0.2) is 24.3 Å². The zero-order valence-corrected chi connectivity index (χ0v) is 9.67. The fourth-order valence-electron chi connectivity index (χ4n) is 2.17. The van der Waals surface area contributed by atoms with Crippen LogP contribution >= 0.6 is 0 Å². The summed E-state index contributed by atoms with van der Waals surface area (Å²) < 4.78 is 0. The van der Waals surface area contributed by atoms with E-state index in [0.29, 0.717) is 5.92 Å². The molecule has 14 heavy (non-hydrogen) atoms. The Labute approximate surface area is 87.3 Å². The number of rotatable bonds is 3. The first kappa shape index (κ1) is 11.3. The predicted molar refractivity (Wildman–Crippen MR) is 62.2 cm³/mol. The van der Waals surface area contributed by atoms with Crippen LogP contribution in [0, 0.1) is 12.8 Å². The minimum Gasteiger partial charge on any atom is -0.322 e. The topological polar surface area (TPSA) is 26.0 Å². The molecular formula is C13H21N. The molecule has 0 amide bonds. The quantitative estimate of drug-likeness (QED) is 0.780. The highest BCUT2D eigenvalue weighted by Crippen LogP contribution is 2.27. The first-order chi connectivity index (χ1) is 6.43. The Morgan fingerprint density at radius 2 is 1.86 bits per heavy atom. The third-order valence-corrected chi connectivity index (χ3v) is 2.59. The smallest absolute Gasteiger partial charge is 0.0386 e. The van der Waals surface area contributed by atoms with E-state index in [2.05, 4.69) is 52.0 Å². The number of aryl methyl sites for hydroxylation is 1. The maximum Gasteiger partial charge on any atom is 0.0386 e. The fourth-order valence-corrected chi connectivity index (χ4v) is 2.17. The Bertz CT molecular complexity index is 300. The van der Waals surface area contributed by atoms with Gasteiger partial charge in [0.05, 0.1) is 0 Å². The molecule has 1 aromatic rings. The van der Waals surface area contributed by atoms with Gasteiger partial charge in [0.15, 0.2) is 0 Å². The number of hydrogen-bond acceptors (Lipinski definition) is 1. The maximum absolute atomic E-state index is 6.34. The first-order valence-electron chi connectivity index (χ1n) is 5.28. The summed E-state index contributed by atoms with van der Waals surface area (Å²) in [6.45, 7) is 8.67. The van der Waals surface area contributed by atoms with Gasteiger partial charge in [-0.15, -0.1) is 0 Å². The Balaban J connectivity index is 2.97. The Morgan fingerprint density at radius 1 is 1.29 bits per heavy atom. The lowest BCUT2D eigenvalue weighted by molar-refractivity contribution is 0.379. The van der Waals surface area contributed by atoms with Crippen molar-refractivity contribution in [2.24, 2.45) is 11.7 Å². The van der Waals surface area contributed by atoms with Crippen LogP contribution in [-0.2, 0) is 5.54 Å². The molecule has 2 N–H and O–H groups in total. The Kier molecular flexibility index (Phi) is 3.33. The molecule has 0 radical (unpaired) electrons. The van der Waals surface area contributed by atoms with Gasteiger partial charge < -0.3 is 5.73 Å². The molecule has 0 spiro atoms. The highest BCUT2D eigenvalue weighted by atomic mass is 14.7. The molecule has 0 fully saturated rings. The van der Waals surface area contributed by atoms with Crippen LogP contribution in [0.4, 0.5) is 0 Å². The van der Waals surface area contributed by atoms with E-state index in [1.807, 2.05) is 0 Å². The molecule has 0 heterocycles. The van der Waals surface area contributed by atoms with Gasteiger partial charge >= 0.3 is 0 Å². The van der Waals surface area contributed by atoms with Crippen molar-refractivity contribution in [1.82, 2.24) is 0 Å². The molecule has 1 rings (SSSR count). The summed E-state index contributed by atoms with van der Waals surface area (Å²) in [6.07, 6.45) is 1.03. The van der Waals surface area contributed by atoms with Gasteiger partial charge in [-0.1, -0.05) is 38.1 Å². The highest BCUT2D eigenvalue weighted by Gasteiger charge is 2.23. The van der Waals surface area contributed by atoms with Crippen molar-refractivity contribution >= 4 is 0 Å². The van der Waals surface area contributed by atoms with Gasteiger partial charge in [-0.2, -0.15) is 0 Å². The molecule has 1 nitrogen and oxygen atoms in total. The molecule has 0 aromatic heterocycles. The first-order valence-corrected chi connectivity index (χ1v) is 5.28. The average Bonchev–Trinajstić information content (AvgIpc) is 2.02. The van der Waals surface area contributed by atoms with Crippen LogP contribution in [0.1, 0.15) is 38.3 Å². The summed E-state index contributed by atoms with van der Waals surface area (Å²) in [6, 6.07) is 8.39. The maximum atomic E-state index is 6.34. The molecule has 0 aliphatic heterocycles. The summed E-state index contributed by atoms with van der Waals surface area (Å²) in [5.41, 5.74) is 8.71. The van der Waals surface area contributed by atoms with Gasteiger partial charge in [0.1, 0.15) is 0 Å². The van der Waals surface area contributed by atoms with Gasteiger partial charge in [-0.25, -0.2) is 0 Å². The van der Waals surface area contributed by atoms with Crippen LogP contribution in [0.5, 0.6) is 0 Å². The molecule has 0 saturated heterocycles. The minimum atomic E-state index is -0.195. The summed E-state index contributed by atoms with van der Waals surface area (Å²) in [5, 5.41) is 0. The lowest BCUT2D eigenvalue weighted by Crippen LogP contribution is -2.35. The molecule has 1 unspecified atom stereocenters. The molecule has 1 heteroatoms. The SMILES string of the molecule is Cc1ccccc1C(C)(N)CC(C)C. The van der Waals surface area contributed by atoms with E-state index < -0.39 is 0 Å². The van der Waals surface area contributed by atoms with E-state index in [1.54, 1.807) is 0 Å². The highest BCUT2D eigenvalue weighted by molar-refractivity contribution is 5.31. The van der Waals surface area contributed by atoms with Gasteiger partial charge in [0.25, 0.3) is 0 Å². The summed E-state index contributed by atoms with van der Waals surface area (Å²) in [4.78, 5) is 0. The van der Waals surface area contributed by atoms with E-state index in [4.69, 9.17) is 5.73 Å². The van der Waals surface area contributed by atoms with Crippen molar-refractivity contribution < 1.29 is 0 Å². The lowest BCUT2D eigenvalue weighted by Gasteiger charge is -2.28. The molecule has 0 aliphatic rings. The van der Waals surface area contributed by atoms with E-state index >= 15 is 0 Å². The largest absolute Gasteiger partial charge is 0.322 e. The van der Waals surface area contributed by atoms with E-state index in [-0.39, 0.29) is 5.54 Å². The van der Waals surface area contributed by atoms with Crippen molar-refractivity contribution in [3.63, 3.8) is 0 Å². The second-order valence-electron chi connectivity index (χ2n) is 4.83. The molecular weight excluding hydrogens is 170 g/mol. The third-order valence-electron chi connectivity index (χ3n) is 2.59. The lowest BCUT2D eigenvalue weighted by atomic mass is 9.83. The van der Waals surface area contributed by atoms with Crippen LogP contribution < -0.4 is 5.73 Å². The van der Waals surface area contributed by atoms with Gasteiger partial charge in [-0.3, -0.25) is 0 Å². The van der Waals surface area contributed by atoms with Gasteiger partial charge in [-0.05, 0) is 37.3 Å². The van der Waals surface area contributed by atoms with Crippen molar-refractivity contribution in [3.8, 4) is 0 Å². The van der Waals surface area contributed by atoms with E-state index in [1.165, 1.54) is 11.1 Å². The fraction of sp³-hybridized carbons (Fsp3) is 0.538. The Morgan fingerprint density at radius 3 is 2.36 bits per heavy atom. The summed E-state index contributed by atoms with van der Waals surface area (Å²) in [7, 11) is 0. The van der Waals surface area contributed by atoms with E-state index in [0.717, 1.165) is 6.42 Å². The number of nitrogens with two attached hydrogens (primary N) is 1. The zero-order valence-electron chi connectivity index (χ0n) is 9.67. The van der Waals surface area contributed by atoms with Crippen LogP contribution in [0.3, 0.4) is 0 Å². The monoisotopic (exact) mass is 191 g/mol. The predicted octanol–water partition coefficient (Wildman–Crippen LogP) is 3.22. The third kappa shape index (κ3) is 2.58. The van der Waals surface area contributed by atoms with Crippen LogP contribution in [-0.4, -0.2) is 0 Å². The second kappa shape index (κ2) is 4.14. The van der Waals surface area contributed by atoms with Gasteiger partial charge in [0.2, 0.25) is 0 Å². The average molecular weight is 191 g/mol.